The summed E-state index contributed by atoms with van der Waals surface area (Å²) < 4.78 is 10.4. The molecule has 0 spiro atoms. The quantitative estimate of drug-likeness (QED) is 0.543. The molecule has 0 fully saturated rings. The molecule has 0 aliphatic rings. The maximum atomic E-state index is 9.79. The zero-order valence-electron chi connectivity index (χ0n) is 8.26. The average Bonchev–Trinajstić information content (AvgIpc) is 2.28. The Labute approximate surface area is 87.6 Å². The van der Waals surface area contributed by atoms with Crippen LogP contribution >= 0.6 is 0 Å². The topological polar surface area (TPSA) is 68.1 Å². The van der Waals surface area contributed by atoms with Crippen LogP contribution in [0.3, 0.4) is 0 Å². The minimum Gasteiger partial charge on any atom is -0.492 e. The lowest BCUT2D eigenvalue weighted by Gasteiger charge is -2.06. The number of benzene rings is 1. The molecule has 5 heteroatoms. The van der Waals surface area contributed by atoms with Gasteiger partial charge in [-0.3, -0.25) is 0 Å². The molecule has 15 heavy (non-hydrogen) atoms. The third-order valence-electron chi connectivity index (χ3n) is 1.64. The Hall–Kier alpha value is -1.62. The Morgan fingerprint density at radius 1 is 1.07 bits per heavy atom. The summed E-state index contributed by atoms with van der Waals surface area (Å²) in [5.74, 6) is 1.33. The van der Waals surface area contributed by atoms with Crippen LogP contribution < -0.4 is 9.47 Å². The van der Waals surface area contributed by atoms with Crippen LogP contribution in [0.4, 0.5) is 0 Å². The van der Waals surface area contributed by atoms with Gasteiger partial charge in [-0.1, -0.05) is 5.18 Å². The Kier molecular flexibility index (Phi) is 5.18. The highest BCUT2D eigenvalue weighted by atomic mass is 16.5. The number of nitrogens with zero attached hydrogens (tertiary/aromatic N) is 1. The molecule has 0 saturated carbocycles. The van der Waals surface area contributed by atoms with Crippen LogP contribution in [0.2, 0.25) is 0 Å². The molecule has 0 aliphatic heterocycles. The van der Waals surface area contributed by atoms with Gasteiger partial charge in [-0.25, -0.2) is 0 Å². The number of rotatable bonds is 7. The van der Waals surface area contributed by atoms with E-state index in [-0.39, 0.29) is 26.4 Å². The second-order valence-electron chi connectivity index (χ2n) is 2.74. The molecule has 0 radical (unpaired) electrons. The van der Waals surface area contributed by atoms with Gasteiger partial charge in [0, 0.05) is 0 Å². The van der Waals surface area contributed by atoms with Crippen LogP contribution in [-0.2, 0) is 0 Å². The Balaban J connectivity index is 2.38. The van der Waals surface area contributed by atoms with Gasteiger partial charge in [-0.15, -0.1) is 0 Å². The van der Waals surface area contributed by atoms with Crippen molar-refractivity contribution in [1.29, 1.82) is 0 Å². The van der Waals surface area contributed by atoms with Crippen molar-refractivity contribution >= 4 is 0 Å². The Bertz CT molecular complexity index is 286. The van der Waals surface area contributed by atoms with E-state index in [0.717, 1.165) is 0 Å². The van der Waals surface area contributed by atoms with Crippen LogP contribution in [0.5, 0.6) is 11.5 Å². The van der Waals surface area contributed by atoms with Crippen LogP contribution in [0, 0.1) is 4.91 Å². The normalized spacial score (nSPS) is 9.67. The first-order valence-corrected chi connectivity index (χ1v) is 4.62. The molecule has 82 valence electrons. The van der Waals surface area contributed by atoms with Crippen LogP contribution in [0.15, 0.2) is 29.4 Å². The van der Waals surface area contributed by atoms with Gasteiger partial charge in [-0.05, 0) is 24.3 Å². The van der Waals surface area contributed by atoms with Crippen LogP contribution in [0.25, 0.3) is 0 Å². The van der Waals surface area contributed by atoms with Crippen molar-refractivity contribution in [2.75, 3.05) is 26.4 Å². The number of nitroso groups, excluding NO2 is 1. The fourth-order valence-electron chi connectivity index (χ4n) is 0.996. The van der Waals surface area contributed by atoms with Crippen LogP contribution in [-0.4, -0.2) is 31.5 Å². The maximum Gasteiger partial charge on any atom is 0.119 e. The highest BCUT2D eigenvalue weighted by Crippen LogP contribution is 2.17. The van der Waals surface area contributed by atoms with Crippen molar-refractivity contribution in [3.05, 3.63) is 29.2 Å². The van der Waals surface area contributed by atoms with E-state index in [1.807, 2.05) is 0 Å². The number of aliphatic hydroxyl groups is 1. The largest absolute Gasteiger partial charge is 0.492 e. The van der Waals surface area contributed by atoms with Crippen molar-refractivity contribution in [2.45, 2.75) is 0 Å². The summed E-state index contributed by atoms with van der Waals surface area (Å²) in [5, 5.41) is 11.2. The van der Waals surface area contributed by atoms with Gasteiger partial charge in [0.1, 0.15) is 31.3 Å². The molecule has 1 aromatic carbocycles. The first-order valence-electron chi connectivity index (χ1n) is 4.62. The predicted molar refractivity (Wildman–Crippen MR) is 55.2 cm³/mol. The molecule has 0 heterocycles. The van der Waals surface area contributed by atoms with E-state index in [0.29, 0.717) is 11.5 Å². The summed E-state index contributed by atoms with van der Waals surface area (Å²) in [6.07, 6.45) is 0. The van der Waals surface area contributed by atoms with E-state index in [2.05, 4.69) is 5.18 Å². The average molecular weight is 211 g/mol. The lowest BCUT2D eigenvalue weighted by atomic mass is 10.3. The molecule has 0 amide bonds. The second-order valence-corrected chi connectivity index (χ2v) is 2.74. The highest BCUT2D eigenvalue weighted by Gasteiger charge is 1.95. The molecule has 5 nitrogen and oxygen atoms in total. The van der Waals surface area contributed by atoms with E-state index in [4.69, 9.17) is 14.6 Å². The molecule has 0 aromatic heterocycles. The molecular formula is C10H13NO4. The minimum atomic E-state index is -0.0107. The van der Waals surface area contributed by atoms with Gasteiger partial charge >= 0.3 is 0 Å². The lowest BCUT2D eigenvalue weighted by Crippen LogP contribution is -2.02. The van der Waals surface area contributed by atoms with E-state index in [1.54, 1.807) is 24.3 Å². The summed E-state index contributed by atoms with van der Waals surface area (Å²) in [4.78, 5) is 9.79. The Morgan fingerprint density at radius 3 is 2.07 bits per heavy atom. The predicted octanol–water partition coefficient (Wildman–Crippen LogP) is 1.20. The molecule has 0 aliphatic carbocycles. The number of hydrogen-bond acceptors (Lipinski definition) is 5. The van der Waals surface area contributed by atoms with E-state index >= 15 is 0 Å². The molecule has 1 aromatic rings. The van der Waals surface area contributed by atoms with Crippen molar-refractivity contribution in [3.8, 4) is 11.5 Å². The van der Waals surface area contributed by atoms with E-state index in [1.165, 1.54) is 0 Å². The summed E-state index contributed by atoms with van der Waals surface area (Å²) in [6, 6.07) is 6.94. The summed E-state index contributed by atoms with van der Waals surface area (Å²) in [6.45, 7) is 0.682. The smallest absolute Gasteiger partial charge is 0.119 e. The van der Waals surface area contributed by atoms with Crippen molar-refractivity contribution in [1.82, 2.24) is 0 Å². The number of hydrogen-bond donors (Lipinski definition) is 1. The zero-order valence-corrected chi connectivity index (χ0v) is 8.26. The number of ether oxygens (including phenoxy) is 2. The number of aliphatic hydroxyl groups excluding tert-OH is 1. The fourth-order valence-corrected chi connectivity index (χ4v) is 0.996. The van der Waals surface area contributed by atoms with Gasteiger partial charge in [0.25, 0.3) is 0 Å². The summed E-state index contributed by atoms with van der Waals surface area (Å²) >= 11 is 0. The molecule has 1 N–H and O–H groups in total. The van der Waals surface area contributed by atoms with Crippen molar-refractivity contribution in [3.63, 3.8) is 0 Å². The Morgan fingerprint density at radius 2 is 1.60 bits per heavy atom. The second kappa shape index (κ2) is 6.78. The summed E-state index contributed by atoms with van der Waals surface area (Å²) in [7, 11) is 0. The van der Waals surface area contributed by atoms with Gasteiger partial charge in [0.15, 0.2) is 0 Å². The first kappa shape index (κ1) is 11.5. The van der Waals surface area contributed by atoms with Gasteiger partial charge in [0.2, 0.25) is 0 Å². The van der Waals surface area contributed by atoms with Crippen LogP contribution in [0.1, 0.15) is 0 Å². The minimum absolute atomic E-state index is 0.0107. The monoisotopic (exact) mass is 211 g/mol. The fraction of sp³-hybridized carbons (Fsp3) is 0.400. The third-order valence-corrected chi connectivity index (χ3v) is 1.64. The van der Waals surface area contributed by atoms with E-state index in [9.17, 15) is 4.91 Å². The molecule has 0 bridgehead atoms. The maximum absolute atomic E-state index is 9.79. The van der Waals surface area contributed by atoms with E-state index < -0.39 is 0 Å². The lowest BCUT2D eigenvalue weighted by molar-refractivity contribution is 0.201. The van der Waals surface area contributed by atoms with Gasteiger partial charge in [-0.2, -0.15) is 4.91 Å². The van der Waals surface area contributed by atoms with Crippen molar-refractivity contribution in [2.24, 2.45) is 5.18 Å². The SMILES string of the molecule is O=NCCOc1ccc(OCCO)cc1. The highest BCUT2D eigenvalue weighted by molar-refractivity contribution is 5.31. The van der Waals surface area contributed by atoms with Gasteiger partial charge in [0.05, 0.1) is 6.61 Å². The molecule has 0 unspecified atom stereocenters. The van der Waals surface area contributed by atoms with Gasteiger partial charge < -0.3 is 14.6 Å². The summed E-state index contributed by atoms with van der Waals surface area (Å²) in [5.41, 5.74) is 0. The third kappa shape index (κ3) is 4.42. The van der Waals surface area contributed by atoms with Crippen molar-refractivity contribution < 1.29 is 14.6 Å². The molecule has 1 rings (SSSR count). The molecule has 0 atom stereocenters. The molecular weight excluding hydrogens is 198 g/mol. The molecule has 0 saturated heterocycles. The standard InChI is InChI=1S/C10H13NO4/c12-6-8-15-10-3-1-9(2-4-10)14-7-5-11-13/h1-4,12H,5-8H2. The first-order chi connectivity index (χ1) is 7.36. The zero-order chi connectivity index (χ0) is 10.9.